The van der Waals surface area contributed by atoms with Gasteiger partial charge in [0.05, 0.1) is 10.0 Å². The van der Waals surface area contributed by atoms with Crippen molar-refractivity contribution in [2.75, 3.05) is 0 Å². The molecule has 1 aromatic heterocycles. The summed E-state index contributed by atoms with van der Waals surface area (Å²) in [6.45, 7) is 1.67. The van der Waals surface area contributed by atoms with Gasteiger partial charge in [-0.3, -0.25) is 0 Å². The number of alkyl halides is 1. The lowest BCUT2D eigenvalue weighted by Gasteiger charge is -2.30. The molecule has 1 heterocycles. The minimum Gasteiger partial charge on any atom is -0.456 e. The molecule has 0 spiro atoms. The third-order valence-electron chi connectivity index (χ3n) is 3.74. The van der Waals surface area contributed by atoms with Crippen LogP contribution in [0.4, 0.5) is 0 Å². The summed E-state index contributed by atoms with van der Waals surface area (Å²) in [4.78, 5) is 3.91. The zero-order valence-corrected chi connectivity index (χ0v) is 17.8. The number of nitrogens with zero attached hydrogens (tertiary/aromatic N) is 3. The maximum atomic E-state index is 11.0. The van der Waals surface area contributed by atoms with Crippen molar-refractivity contribution in [2.24, 2.45) is 0 Å². The summed E-state index contributed by atoms with van der Waals surface area (Å²) in [5.41, 5.74) is -0.731. The molecular formula is C17H13Cl3IN3O2. The molecular weight excluding hydrogens is 511 g/mol. The molecule has 0 aliphatic carbocycles. The first kappa shape index (κ1) is 19.7. The lowest BCUT2D eigenvalue weighted by atomic mass is 9.96. The molecule has 2 aromatic carbocycles. The molecule has 0 aliphatic heterocycles. The van der Waals surface area contributed by atoms with Gasteiger partial charge < -0.3 is 9.84 Å². The Kier molecular flexibility index (Phi) is 5.98. The van der Waals surface area contributed by atoms with E-state index in [1.54, 1.807) is 54.3 Å². The van der Waals surface area contributed by atoms with Gasteiger partial charge in [-0.05, 0) is 37.3 Å². The van der Waals surface area contributed by atoms with Crippen LogP contribution in [0, 0.1) is 0 Å². The van der Waals surface area contributed by atoms with Crippen LogP contribution < -0.4 is 4.74 Å². The lowest BCUT2D eigenvalue weighted by Crippen LogP contribution is -2.31. The van der Waals surface area contributed by atoms with E-state index in [2.05, 4.69) is 32.7 Å². The monoisotopic (exact) mass is 523 g/mol. The van der Waals surface area contributed by atoms with E-state index in [0.29, 0.717) is 32.1 Å². The fourth-order valence-electron chi connectivity index (χ4n) is 2.38. The molecule has 0 saturated heterocycles. The predicted octanol–water partition coefficient (Wildman–Crippen LogP) is 5.87. The standard InChI is InChI=1S/C17H13Cl3IN3O2/c1-17(25,16(21)24-9-22-8-23-24)12-4-3-11(7-13(12)19)26-15-5-2-10(18)6-14(15)20/h2-9,16,25H,1H3. The first-order chi connectivity index (χ1) is 12.3. The summed E-state index contributed by atoms with van der Waals surface area (Å²) in [7, 11) is 0. The van der Waals surface area contributed by atoms with Crippen LogP contribution in [0.25, 0.3) is 0 Å². The van der Waals surface area contributed by atoms with Crippen molar-refractivity contribution in [2.45, 2.75) is 16.6 Å². The molecule has 1 N–H and O–H groups in total. The third-order valence-corrected chi connectivity index (χ3v) is 6.37. The van der Waals surface area contributed by atoms with Crippen molar-refractivity contribution in [3.05, 3.63) is 69.7 Å². The van der Waals surface area contributed by atoms with Gasteiger partial charge in [0.25, 0.3) is 0 Å². The van der Waals surface area contributed by atoms with Crippen molar-refractivity contribution in [1.29, 1.82) is 0 Å². The highest BCUT2D eigenvalue weighted by molar-refractivity contribution is 14.1. The van der Waals surface area contributed by atoms with E-state index < -0.39 is 9.65 Å². The maximum Gasteiger partial charge on any atom is 0.146 e. The molecule has 2 atom stereocenters. The van der Waals surface area contributed by atoms with E-state index in [4.69, 9.17) is 39.5 Å². The Morgan fingerprint density at radius 1 is 1.15 bits per heavy atom. The summed E-state index contributed by atoms with van der Waals surface area (Å²) < 4.78 is 6.92. The molecule has 0 bridgehead atoms. The Morgan fingerprint density at radius 2 is 1.92 bits per heavy atom. The second kappa shape index (κ2) is 7.90. The minimum atomic E-state index is -1.28. The van der Waals surface area contributed by atoms with Crippen LogP contribution in [0.3, 0.4) is 0 Å². The molecule has 0 saturated carbocycles. The minimum absolute atomic E-state index is 0.361. The molecule has 5 nitrogen and oxygen atoms in total. The van der Waals surface area contributed by atoms with Gasteiger partial charge in [-0.2, -0.15) is 5.10 Å². The smallest absolute Gasteiger partial charge is 0.146 e. The maximum absolute atomic E-state index is 11.0. The molecule has 3 rings (SSSR count). The molecule has 0 aliphatic rings. The number of aliphatic hydroxyl groups is 1. The van der Waals surface area contributed by atoms with Crippen LogP contribution in [0.1, 0.15) is 16.5 Å². The first-order valence-electron chi connectivity index (χ1n) is 7.42. The van der Waals surface area contributed by atoms with E-state index in [-0.39, 0.29) is 0 Å². The Bertz CT molecular complexity index is 920. The zero-order chi connectivity index (χ0) is 18.9. The second-order valence-electron chi connectivity index (χ2n) is 5.68. The topological polar surface area (TPSA) is 60.2 Å². The van der Waals surface area contributed by atoms with E-state index in [0.717, 1.165) is 0 Å². The quantitative estimate of drug-likeness (QED) is 0.335. The van der Waals surface area contributed by atoms with Crippen molar-refractivity contribution < 1.29 is 9.84 Å². The summed E-state index contributed by atoms with van der Waals surface area (Å²) >= 11 is 20.5. The van der Waals surface area contributed by atoms with E-state index in [1.165, 1.54) is 6.33 Å². The van der Waals surface area contributed by atoms with E-state index in [9.17, 15) is 5.11 Å². The Balaban J connectivity index is 1.87. The van der Waals surface area contributed by atoms with Crippen LogP contribution in [-0.4, -0.2) is 19.9 Å². The summed E-state index contributed by atoms with van der Waals surface area (Å²) in [5.74, 6) is 0.950. The molecule has 2 unspecified atom stereocenters. The fraction of sp³-hybridized carbons (Fsp3) is 0.176. The van der Waals surface area contributed by atoms with Crippen LogP contribution in [0.5, 0.6) is 11.5 Å². The van der Waals surface area contributed by atoms with Gasteiger partial charge >= 0.3 is 0 Å². The predicted molar refractivity (Wildman–Crippen MR) is 111 cm³/mol. The highest BCUT2D eigenvalue weighted by Gasteiger charge is 2.35. The molecule has 136 valence electrons. The Labute approximate surface area is 179 Å². The second-order valence-corrected chi connectivity index (χ2v) is 8.11. The van der Waals surface area contributed by atoms with Gasteiger partial charge in [-0.1, -0.05) is 63.5 Å². The first-order valence-corrected chi connectivity index (χ1v) is 9.80. The molecule has 0 fully saturated rings. The normalized spacial score (nSPS) is 14.7. The van der Waals surface area contributed by atoms with Crippen molar-refractivity contribution in [3.63, 3.8) is 0 Å². The Morgan fingerprint density at radius 3 is 2.54 bits per heavy atom. The number of ether oxygens (including phenoxy) is 1. The van der Waals surface area contributed by atoms with Crippen LogP contribution in [0.15, 0.2) is 49.1 Å². The number of benzene rings is 2. The SMILES string of the molecule is CC(O)(c1ccc(Oc2ccc(Cl)cc2Cl)cc1Cl)C(I)n1cncn1. The fourth-order valence-corrected chi connectivity index (χ4v) is 3.81. The highest BCUT2D eigenvalue weighted by Crippen LogP contribution is 2.42. The van der Waals surface area contributed by atoms with Crippen molar-refractivity contribution in [3.8, 4) is 11.5 Å². The number of hydrogen-bond donors (Lipinski definition) is 1. The van der Waals surface area contributed by atoms with Crippen molar-refractivity contribution >= 4 is 57.4 Å². The summed E-state index contributed by atoms with van der Waals surface area (Å²) in [6.07, 6.45) is 2.95. The Hall–Kier alpha value is -1.06. The van der Waals surface area contributed by atoms with Gasteiger partial charge in [0, 0.05) is 10.6 Å². The van der Waals surface area contributed by atoms with Crippen LogP contribution >= 0.6 is 57.4 Å². The zero-order valence-electron chi connectivity index (χ0n) is 13.4. The summed E-state index contributed by atoms with van der Waals surface area (Å²) in [6, 6.07) is 10.0. The van der Waals surface area contributed by atoms with Gasteiger partial charge in [0.2, 0.25) is 0 Å². The van der Waals surface area contributed by atoms with E-state index in [1.807, 2.05) is 0 Å². The molecule has 0 amide bonds. The largest absolute Gasteiger partial charge is 0.456 e. The summed E-state index contributed by atoms with van der Waals surface area (Å²) in [5, 5.41) is 16.4. The van der Waals surface area contributed by atoms with Gasteiger partial charge in [-0.15, -0.1) is 0 Å². The lowest BCUT2D eigenvalue weighted by molar-refractivity contribution is 0.0366. The number of aromatic nitrogens is 3. The molecule has 9 heteroatoms. The van der Waals surface area contributed by atoms with Gasteiger partial charge in [0.1, 0.15) is 33.8 Å². The van der Waals surface area contributed by atoms with E-state index >= 15 is 0 Å². The highest BCUT2D eigenvalue weighted by atomic mass is 127. The molecule has 3 aromatic rings. The number of rotatable bonds is 5. The number of hydrogen-bond acceptors (Lipinski definition) is 4. The molecule has 0 radical (unpaired) electrons. The molecule has 26 heavy (non-hydrogen) atoms. The third kappa shape index (κ3) is 4.09. The van der Waals surface area contributed by atoms with Crippen LogP contribution in [-0.2, 0) is 5.60 Å². The average Bonchev–Trinajstić information content (AvgIpc) is 3.11. The van der Waals surface area contributed by atoms with Gasteiger partial charge in [0.15, 0.2) is 0 Å². The van der Waals surface area contributed by atoms with Gasteiger partial charge in [-0.25, -0.2) is 9.67 Å². The number of halogens is 4. The van der Waals surface area contributed by atoms with Crippen molar-refractivity contribution in [1.82, 2.24) is 14.8 Å². The average molecular weight is 525 g/mol. The van der Waals surface area contributed by atoms with Crippen LogP contribution in [0.2, 0.25) is 15.1 Å².